The van der Waals surface area contributed by atoms with Crippen molar-refractivity contribution >= 4 is 17.8 Å². The lowest BCUT2D eigenvalue weighted by molar-refractivity contribution is -0.193. The molecule has 1 aromatic heterocycles. The minimum atomic E-state index is -5.08. The van der Waals surface area contributed by atoms with Crippen molar-refractivity contribution in [2.75, 3.05) is 26.7 Å². The van der Waals surface area contributed by atoms with E-state index in [0.29, 0.717) is 11.1 Å². The van der Waals surface area contributed by atoms with Gasteiger partial charge in [-0.1, -0.05) is 6.42 Å². The number of pyridine rings is 1. The molecule has 0 aliphatic carbocycles. The zero-order valence-electron chi connectivity index (χ0n) is 18.2. The minimum absolute atomic E-state index is 0.131. The SMILES string of the molecule is CN1CCCCC12CCN(C(=O)c1cccnc1)CC2.O=C(O)C(F)(F)F.O=C(O)C(F)(F)F. The van der Waals surface area contributed by atoms with Crippen LogP contribution in [0.3, 0.4) is 0 Å². The van der Waals surface area contributed by atoms with Crippen molar-refractivity contribution in [3.63, 3.8) is 0 Å². The first kappa shape index (κ1) is 29.1. The van der Waals surface area contributed by atoms with E-state index >= 15 is 0 Å². The second-order valence-corrected chi connectivity index (χ2v) is 7.74. The molecule has 0 bridgehead atoms. The zero-order chi connectivity index (χ0) is 26.2. The Morgan fingerprint density at radius 3 is 1.79 bits per heavy atom. The third-order valence-electron chi connectivity index (χ3n) is 5.57. The highest BCUT2D eigenvalue weighted by atomic mass is 19.4. The Morgan fingerprint density at radius 1 is 0.912 bits per heavy atom. The second kappa shape index (κ2) is 12.0. The third kappa shape index (κ3) is 8.80. The van der Waals surface area contributed by atoms with E-state index in [9.17, 15) is 31.1 Å². The Kier molecular flexibility index (Phi) is 10.3. The Balaban J connectivity index is 0.000000343. The molecule has 0 aromatic carbocycles. The predicted molar refractivity (Wildman–Crippen MR) is 106 cm³/mol. The molecule has 2 saturated heterocycles. The van der Waals surface area contributed by atoms with Gasteiger partial charge in [0.1, 0.15) is 0 Å². The predicted octanol–water partition coefficient (Wildman–Crippen LogP) is 3.44. The number of hydrogen-bond donors (Lipinski definition) is 2. The van der Waals surface area contributed by atoms with Crippen molar-refractivity contribution in [1.82, 2.24) is 14.8 Å². The summed E-state index contributed by atoms with van der Waals surface area (Å²) >= 11 is 0. The molecule has 2 fully saturated rings. The summed E-state index contributed by atoms with van der Waals surface area (Å²) in [7, 11) is 2.25. The number of carbonyl (C=O) groups is 3. The first-order valence-corrected chi connectivity index (χ1v) is 10.1. The van der Waals surface area contributed by atoms with E-state index in [2.05, 4.69) is 16.9 Å². The highest BCUT2D eigenvalue weighted by Crippen LogP contribution is 2.36. The van der Waals surface area contributed by atoms with E-state index in [4.69, 9.17) is 19.8 Å². The molecule has 34 heavy (non-hydrogen) atoms. The fourth-order valence-corrected chi connectivity index (χ4v) is 3.66. The van der Waals surface area contributed by atoms with Crippen molar-refractivity contribution in [3.05, 3.63) is 30.1 Å². The molecule has 1 aromatic rings. The molecule has 1 spiro atoms. The largest absolute Gasteiger partial charge is 0.490 e. The van der Waals surface area contributed by atoms with Crippen molar-refractivity contribution in [2.45, 2.75) is 50.0 Å². The fraction of sp³-hybridized carbons (Fsp3) is 0.600. The van der Waals surface area contributed by atoms with E-state index in [-0.39, 0.29) is 5.91 Å². The number of likely N-dealkylation sites (tertiary alicyclic amines) is 2. The number of carboxylic acids is 2. The van der Waals surface area contributed by atoms with E-state index < -0.39 is 24.3 Å². The average molecular weight is 501 g/mol. The molecule has 2 aliphatic rings. The number of halogens is 6. The molecule has 8 nitrogen and oxygen atoms in total. The van der Waals surface area contributed by atoms with E-state index in [0.717, 1.165) is 25.9 Å². The Labute approximate surface area is 191 Å². The molecular formula is C20H25F6N3O5. The van der Waals surface area contributed by atoms with Gasteiger partial charge in [-0.05, 0) is 51.4 Å². The highest BCUT2D eigenvalue weighted by Gasteiger charge is 2.40. The van der Waals surface area contributed by atoms with Gasteiger partial charge in [0.25, 0.3) is 5.91 Å². The van der Waals surface area contributed by atoms with Gasteiger partial charge in [0, 0.05) is 31.0 Å². The quantitative estimate of drug-likeness (QED) is 0.568. The molecule has 0 atom stereocenters. The van der Waals surface area contributed by atoms with Crippen LogP contribution in [-0.4, -0.2) is 87.4 Å². The number of piperidine rings is 2. The first-order valence-electron chi connectivity index (χ1n) is 10.1. The van der Waals surface area contributed by atoms with Gasteiger partial charge < -0.3 is 20.0 Å². The Bertz CT molecular complexity index is 800. The van der Waals surface area contributed by atoms with Gasteiger partial charge in [0.2, 0.25) is 0 Å². The molecule has 3 heterocycles. The number of carboxylic acid groups (broad SMARTS) is 2. The van der Waals surface area contributed by atoms with Gasteiger partial charge in [-0.2, -0.15) is 26.3 Å². The third-order valence-corrected chi connectivity index (χ3v) is 5.57. The lowest BCUT2D eigenvalue weighted by atomic mass is 9.79. The van der Waals surface area contributed by atoms with Gasteiger partial charge in [-0.25, -0.2) is 9.59 Å². The van der Waals surface area contributed by atoms with Crippen LogP contribution in [0.15, 0.2) is 24.5 Å². The molecule has 3 rings (SSSR count). The lowest BCUT2D eigenvalue weighted by Gasteiger charge is -2.50. The normalized spacial score (nSPS) is 18.1. The summed E-state index contributed by atoms with van der Waals surface area (Å²) in [6.07, 6.45) is -0.640. The zero-order valence-corrected chi connectivity index (χ0v) is 18.2. The van der Waals surface area contributed by atoms with E-state index in [1.54, 1.807) is 12.4 Å². The van der Waals surface area contributed by atoms with Crippen LogP contribution in [0, 0.1) is 0 Å². The number of nitrogens with zero attached hydrogens (tertiary/aromatic N) is 3. The molecule has 0 unspecified atom stereocenters. The summed E-state index contributed by atoms with van der Waals surface area (Å²) in [4.78, 5) is 38.8. The maximum absolute atomic E-state index is 12.4. The monoisotopic (exact) mass is 501 g/mol. The fourth-order valence-electron chi connectivity index (χ4n) is 3.66. The van der Waals surface area contributed by atoms with Crippen molar-refractivity contribution in [2.24, 2.45) is 0 Å². The summed E-state index contributed by atoms with van der Waals surface area (Å²) in [6, 6.07) is 3.68. The Morgan fingerprint density at radius 2 is 1.41 bits per heavy atom. The van der Waals surface area contributed by atoms with Crippen LogP contribution in [0.25, 0.3) is 0 Å². The topological polar surface area (TPSA) is 111 Å². The van der Waals surface area contributed by atoms with Gasteiger partial charge in [0.05, 0.1) is 5.56 Å². The van der Waals surface area contributed by atoms with Gasteiger partial charge in [-0.15, -0.1) is 0 Å². The summed E-state index contributed by atoms with van der Waals surface area (Å²) in [5.74, 6) is -5.38. The average Bonchev–Trinajstić information content (AvgIpc) is 2.76. The molecule has 2 aliphatic heterocycles. The summed E-state index contributed by atoms with van der Waals surface area (Å²) in [5, 5.41) is 14.2. The molecule has 0 radical (unpaired) electrons. The maximum atomic E-state index is 12.4. The van der Waals surface area contributed by atoms with E-state index in [1.165, 1.54) is 25.8 Å². The number of amides is 1. The van der Waals surface area contributed by atoms with Crippen LogP contribution < -0.4 is 0 Å². The standard InChI is InChI=1S/C16H23N3O.2C2HF3O2/c1-18-10-3-2-6-16(18)7-11-19(12-8-16)15(20)14-5-4-9-17-13-14;2*3-2(4,5)1(6)7/h4-5,9,13H,2-3,6-8,10-12H2,1H3;2*(H,6,7). The molecule has 2 N–H and O–H groups in total. The number of carbonyl (C=O) groups excluding carboxylic acids is 1. The maximum Gasteiger partial charge on any atom is 0.490 e. The molecule has 14 heteroatoms. The number of rotatable bonds is 1. The number of aliphatic carboxylic acids is 2. The van der Waals surface area contributed by atoms with Gasteiger partial charge >= 0.3 is 24.3 Å². The van der Waals surface area contributed by atoms with Gasteiger partial charge in [0.15, 0.2) is 0 Å². The van der Waals surface area contributed by atoms with Crippen molar-refractivity contribution in [3.8, 4) is 0 Å². The molecule has 1 amide bonds. The van der Waals surface area contributed by atoms with Crippen LogP contribution in [0.5, 0.6) is 0 Å². The smallest absolute Gasteiger partial charge is 0.475 e. The second-order valence-electron chi connectivity index (χ2n) is 7.74. The minimum Gasteiger partial charge on any atom is -0.475 e. The highest BCUT2D eigenvalue weighted by molar-refractivity contribution is 5.93. The van der Waals surface area contributed by atoms with Crippen molar-refractivity contribution in [1.29, 1.82) is 0 Å². The van der Waals surface area contributed by atoms with Crippen LogP contribution >= 0.6 is 0 Å². The van der Waals surface area contributed by atoms with Crippen LogP contribution in [0.4, 0.5) is 26.3 Å². The Hall–Kier alpha value is -2.90. The van der Waals surface area contributed by atoms with Crippen LogP contribution in [-0.2, 0) is 9.59 Å². The summed E-state index contributed by atoms with van der Waals surface area (Å²) < 4.78 is 63.5. The summed E-state index contributed by atoms with van der Waals surface area (Å²) in [6.45, 7) is 2.95. The van der Waals surface area contributed by atoms with Crippen LogP contribution in [0.2, 0.25) is 0 Å². The van der Waals surface area contributed by atoms with Crippen LogP contribution in [0.1, 0.15) is 42.5 Å². The molecular weight excluding hydrogens is 476 g/mol. The van der Waals surface area contributed by atoms with E-state index in [1.807, 2.05) is 17.0 Å². The molecule has 0 saturated carbocycles. The van der Waals surface area contributed by atoms with Crippen molar-refractivity contribution < 1.29 is 50.9 Å². The summed E-state index contributed by atoms with van der Waals surface area (Å²) in [5.41, 5.74) is 1.06. The lowest BCUT2D eigenvalue weighted by Crippen LogP contribution is -2.56. The number of alkyl halides is 6. The first-order chi connectivity index (χ1) is 15.6. The number of aromatic nitrogens is 1. The number of hydrogen-bond acceptors (Lipinski definition) is 5. The molecule has 192 valence electrons. The van der Waals surface area contributed by atoms with Gasteiger partial charge in [-0.3, -0.25) is 9.78 Å².